The van der Waals surface area contributed by atoms with Crippen LogP contribution >= 0.6 is 11.8 Å². The maximum absolute atomic E-state index is 12.2. The monoisotopic (exact) mass is 354 g/mol. The van der Waals surface area contributed by atoms with Crippen molar-refractivity contribution in [3.63, 3.8) is 0 Å². The van der Waals surface area contributed by atoms with Gasteiger partial charge in [0.25, 0.3) is 5.24 Å². The van der Waals surface area contributed by atoms with Crippen LogP contribution in [0, 0.1) is 0 Å². The lowest BCUT2D eigenvalue weighted by Gasteiger charge is -2.19. The van der Waals surface area contributed by atoms with Crippen LogP contribution in [0.3, 0.4) is 0 Å². The van der Waals surface area contributed by atoms with E-state index in [1.165, 1.54) is 22.9 Å². The summed E-state index contributed by atoms with van der Waals surface area (Å²) in [5.74, 6) is 0.932. The van der Waals surface area contributed by atoms with Gasteiger partial charge in [-0.3, -0.25) is 9.59 Å². The molecular weight excluding hydrogens is 332 g/mol. The summed E-state index contributed by atoms with van der Waals surface area (Å²) >= 11 is 1.33. The molecule has 0 spiro atoms. The second-order valence-corrected chi connectivity index (χ2v) is 7.08. The third-order valence-electron chi connectivity index (χ3n) is 4.36. The molecule has 0 radical (unpaired) electrons. The van der Waals surface area contributed by atoms with Crippen LogP contribution in [0.15, 0.2) is 60.7 Å². The number of nitrogens with one attached hydrogen (secondary N) is 1. The van der Waals surface area contributed by atoms with Gasteiger partial charge in [-0.05, 0) is 11.1 Å². The molecule has 1 aliphatic rings. The Morgan fingerprint density at radius 3 is 2.16 bits per heavy atom. The van der Waals surface area contributed by atoms with Gasteiger partial charge in [-0.15, -0.1) is 0 Å². The Balaban J connectivity index is 1.59. The molecule has 0 bridgehead atoms. The Kier molecular flexibility index (Phi) is 6.12. The summed E-state index contributed by atoms with van der Waals surface area (Å²) in [5.41, 5.74) is 2.36. The third kappa shape index (κ3) is 4.86. The summed E-state index contributed by atoms with van der Waals surface area (Å²) in [6.07, 6.45) is 0.350. The van der Waals surface area contributed by atoms with E-state index < -0.39 is 0 Å². The quantitative estimate of drug-likeness (QED) is 0.828. The first-order valence-corrected chi connectivity index (χ1v) is 9.51. The van der Waals surface area contributed by atoms with E-state index in [1.807, 2.05) is 36.4 Å². The summed E-state index contributed by atoms with van der Waals surface area (Å²) in [6.45, 7) is 1.79. The second kappa shape index (κ2) is 8.72. The van der Waals surface area contributed by atoms with E-state index in [4.69, 9.17) is 0 Å². The van der Waals surface area contributed by atoms with E-state index in [0.717, 1.165) is 12.3 Å². The number of nitrogens with zero attached hydrogens (tertiary/aromatic N) is 1. The van der Waals surface area contributed by atoms with Gasteiger partial charge in [-0.1, -0.05) is 72.4 Å². The fraction of sp³-hybridized carbons (Fsp3) is 0.300. The Bertz CT molecular complexity index is 667. The van der Waals surface area contributed by atoms with Crippen molar-refractivity contribution in [2.45, 2.75) is 12.3 Å². The molecule has 1 heterocycles. The number of benzene rings is 2. The van der Waals surface area contributed by atoms with Crippen molar-refractivity contribution in [1.82, 2.24) is 10.2 Å². The molecule has 0 saturated carbocycles. The maximum atomic E-state index is 12.2. The van der Waals surface area contributed by atoms with Crippen LogP contribution in [0.4, 0.5) is 4.79 Å². The van der Waals surface area contributed by atoms with Gasteiger partial charge in [-0.25, -0.2) is 0 Å². The molecule has 2 amide bonds. The topological polar surface area (TPSA) is 49.4 Å². The second-order valence-electron chi connectivity index (χ2n) is 6.03. The number of rotatable bonds is 7. The fourth-order valence-electron chi connectivity index (χ4n) is 2.97. The van der Waals surface area contributed by atoms with E-state index in [2.05, 4.69) is 29.6 Å². The number of hydrogen-bond acceptors (Lipinski definition) is 3. The molecule has 130 valence electrons. The SMILES string of the molecule is O=C(CCN1CCSC1=O)NCC(c1ccccc1)c1ccccc1. The normalized spacial score (nSPS) is 14.1. The van der Waals surface area contributed by atoms with Crippen molar-refractivity contribution in [1.29, 1.82) is 0 Å². The lowest BCUT2D eigenvalue weighted by Crippen LogP contribution is -2.33. The summed E-state index contributed by atoms with van der Waals surface area (Å²) in [7, 11) is 0. The largest absolute Gasteiger partial charge is 0.355 e. The van der Waals surface area contributed by atoms with Gasteiger partial charge in [0, 0.05) is 37.7 Å². The van der Waals surface area contributed by atoms with Gasteiger partial charge in [0.2, 0.25) is 5.91 Å². The predicted octanol–water partition coefficient (Wildman–Crippen LogP) is 3.49. The molecule has 2 aromatic rings. The van der Waals surface area contributed by atoms with Crippen LogP contribution < -0.4 is 5.32 Å². The van der Waals surface area contributed by atoms with E-state index >= 15 is 0 Å². The zero-order chi connectivity index (χ0) is 17.5. The number of hydrogen-bond donors (Lipinski definition) is 1. The zero-order valence-corrected chi connectivity index (χ0v) is 14.9. The average Bonchev–Trinajstić information content (AvgIpc) is 3.07. The smallest absolute Gasteiger partial charge is 0.281 e. The fourth-order valence-corrected chi connectivity index (χ4v) is 3.82. The highest BCUT2D eigenvalue weighted by molar-refractivity contribution is 8.13. The molecule has 0 aliphatic carbocycles. The number of thioether (sulfide) groups is 1. The van der Waals surface area contributed by atoms with Crippen LogP contribution in [0.25, 0.3) is 0 Å². The molecule has 0 aromatic heterocycles. The van der Waals surface area contributed by atoms with Crippen LogP contribution in [-0.4, -0.2) is 41.4 Å². The molecule has 1 saturated heterocycles. The predicted molar refractivity (Wildman–Crippen MR) is 102 cm³/mol. The van der Waals surface area contributed by atoms with Crippen molar-refractivity contribution in [3.05, 3.63) is 71.8 Å². The van der Waals surface area contributed by atoms with Gasteiger partial charge in [0.15, 0.2) is 0 Å². The van der Waals surface area contributed by atoms with Crippen LogP contribution in [0.1, 0.15) is 23.5 Å². The van der Waals surface area contributed by atoms with Crippen molar-refractivity contribution in [3.8, 4) is 0 Å². The molecule has 1 fully saturated rings. The average molecular weight is 354 g/mol. The maximum Gasteiger partial charge on any atom is 0.281 e. The van der Waals surface area contributed by atoms with Crippen molar-refractivity contribution < 1.29 is 9.59 Å². The van der Waals surface area contributed by atoms with E-state index in [9.17, 15) is 9.59 Å². The minimum absolute atomic E-state index is 0.0124. The molecule has 0 unspecified atom stereocenters. The molecule has 25 heavy (non-hydrogen) atoms. The van der Waals surface area contributed by atoms with Crippen LogP contribution in [0.2, 0.25) is 0 Å². The minimum Gasteiger partial charge on any atom is -0.355 e. The van der Waals surface area contributed by atoms with E-state index in [1.54, 1.807) is 4.90 Å². The van der Waals surface area contributed by atoms with Gasteiger partial charge >= 0.3 is 0 Å². The number of carbonyl (C=O) groups is 2. The molecule has 0 atom stereocenters. The van der Waals surface area contributed by atoms with Crippen LogP contribution in [0.5, 0.6) is 0 Å². The summed E-state index contributed by atoms with van der Waals surface area (Å²) < 4.78 is 0. The van der Waals surface area contributed by atoms with E-state index in [-0.39, 0.29) is 17.1 Å². The van der Waals surface area contributed by atoms with Gasteiger partial charge in [0.05, 0.1) is 0 Å². The first-order valence-electron chi connectivity index (χ1n) is 8.52. The van der Waals surface area contributed by atoms with Crippen molar-refractivity contribution in [2.75, 3.05) is 25.4 Å². The van der Waals surface area contributed by atoms with Gasteiger partial charge < -0.3 is 10.2 Å². The Morgan fingerprint density at radius 2 is 1.64 bits per heavy atom. The van der Waals surface area contributed by atoms with Crippen molar-refractivity contribution in [2.24, 2.45) is 0 Å². The standard InChI is InChI=1S/C20H22N2O2S/c23-19(11-12-22-13-14-25-20(22)24)21-15-18(16-7-3-1-4-8-16)17-9-5-2-6-10-17/h1-10,18H,11-15H2,(H,21,23). The number of amides is 2. The molecule has 3 rings (SSSR count). The van der Waals surface area contributed by atoms with Gasteiger partial charge in [0.1, 0.15) is 0 Å². The first-order chi connectivity index (χ1) is 12.2. The number of carbonyl (C=O) groups excluding carboxylic acids is 2. The highest BCUT2D eigenvalue weighted by atomic mass is 32.2. The van der Waals surface area contributed by atoms with Crippen molar-refractivity contribution >= 4 is 22.9 Å². The third-order valence-corrected chi connectivity index (χ3v) is 5.25. The summed E-state index contributed by atoms with van der Waals surface area (Å²) in [6, 6.07) is 20.4. The highest BCUT2D eigenvalue weighted by Crippen LogP contribution is 2.23. The molecule has 4 nitrogen and oxygen atoms in total. The van der Waals surface area contributed by atoms with Gasteiger partial charge in [-0.2, -0.15) is 0 Å². The molecule has 1 aliphatic heterocycles. The van der Waals surface area contributed by atoms with Crippen LogP contribution in [-0.2, 0) is 4.79 Å². The highest BCUT2D eigenvalue weighted by Gasteiger charge is 2.21. The molecular formula is C20H22N2O2S. The summed E-state index contributed by atoms with van der Waals surface area (Å²) in [4.78, 5) is 25.5. The molecule has 5 heteroatoms. The Hall–Kier alpha value is -2.27. The lowest BCUT2D eigenvalue weighted by molar-refractivity contribution is -0.121. The Morgan fingerprint density at radius 1 is 1.04 bits per heavy atom. The summed E-state index contributed by atoms with van der Waals surface area (Å²) in [5, 5.41) is 3.12. The first kappa shape index (κ1) is 17.5. The lowest BCUT2D eigenvalue weighted by atomic mass is 9.91. The molecule has 2 aromatic carbocycles. The Labute approximate surface area is 152 Å². The molecule has 1 N–H and O–H groups in total. The minimum atomic E-state index is -0.0124. The zero-order valence-electron chi connectivity index (χ0n) is 14.1. The van der Waals surface area contributed by atoms with E-state index in [0.29, 0.717) is 19.5 Å².